The zero-order valence-corrected chi connectivity index (χ0v) is 9.76. The van der Waals surface area contributed by atoms with Crippen LogP contribution in [0.5, 0.6) is 0 Å². The Kier molecular flexibility index (Phi) is 4.28. The van der Waals surface area contributed by atoms with Crippen molar-refractivity contribution in [1.29, 1.82) is 0 Å². The minimum atomic E-state index is -0.189. The lowest BCUT2D eigenvalue weighted by Crippen LogP contribution is -2.20. The van der Waals surface area contributed by atoms with Gasteiger partial charge in [-0.25, -0.2) is 4.39 Å². The van der Waals surface area contributed by atoms with Gasteiger partial charge in [-0.3, -0.25) is 0 Å². The third-order valence-corrected chi connectivity index (χ3v) is 2.87. The molecule has 0 aliphatic rings. The summed E-state index contributed by atoms with van der Waals surface area (Å²) in [4.78, 5) is 0. The first-order chi connectivity index (χ1) is 7.06. The second-order valence-corrected chi connectivity index (χ2v) is 4.32. The summed E-state index contributed by atoms with van der Waals surface area (Å²) in [6.45, 7) is 6.08. The van der Waals surface area contributed by atoms with Crippen LogP contribution >= 0.6 is 0 Å². The quantitative estimate of drug-likeness (QED) is 0.806. The summed E-state index contributed by atoms with van der Waals surface area (Å²) < 4.78 is 13.6. The molecule has 15 heavy (non-hydrogen) atoms. The van der Waals surface area contributed by atoms with Crippen molar-refractivity contribution in [1.82, 2.24) is 0 Å². The number of hydrogen-bond acceptors (Lipinski definition) is 1. The molecule has 0 aliphatic carbocycles. The van der Waals surface area contributed by atoms with Crippen molar-refractivity contribution in [3.63, 3.8) is 0 Å². The Balaban J connectivity index is 2.86. The SMILES string of the molecule is CCCC(C)C(N)c1ccc(C)cc1F. The van der Waals surface area contributed by atoms with Crippen molar-refractivity contribution < 1.29 is 4.39 Å². The fourth-order valence-corrected chi connectivity index (χ4v) is 1.84. The molecule has 0 aliphatic heterocycles. The Morgan fingerprint density at radius 3 is 2.60 bits per heavy atom. The fourth-order valence-electron chi connectivity index (χ4n) is 1.84. The van der Waals surface area contributed by atoms with Crippen LogP contribution in [-0.4, -0.2) is 0 Å². The van der Waals surface area contributed by atoms with Crippen LogP contribution in [0, 0.1) is 18.7 Å². The highest BCUT2D eigenvalue weighted by atomic mass is 19.1. The molecule has 2 heteroatoms. The van der Waals surface area contributed by atoms with E-state index in [1.54, 1.807) is 6.07 Å². The van der Waals surface area contributed by atoms with Gasteiger partial charge in [-0.15, -0.1) is 0 Å². The molecule has 0 saturated carbocycles. The van der Waals surface area contributed by atoms with E-state index in [0.29, 0.717) is 11.5 Å². The van der Waals surface area contributed by atoms with Gasteiger partial charge in [0.05, 0.1) is 0 Å². The van der Waals surface area contributed by atoms with Gasteiger partial charge >= 0.3 is 0 Å². The van der Waals surface area contributed by atoms with E-state index >= 15 is 0 Å². The second kappa shape index (κ2) is 5.26. The van der Waals surface area contributed by atoms with Crippen LogP contribution in [0.2, 0.25) is 0 Å². The maximum atomic E-state index is 13.6. The fraction of sp³-hybridized carbons (Fsp3) is 0.538. The Bertz CT molecular complexity index is 322. The zero-order chi connectivity index (χ0) is 11.4. The third-order valence-electron chi connectivity index (χ3n) is 2.87. The van der Waals surface area contributed by atoms with Gasteiger partial charge in [0.2, 0.25) is 0 Å². The van der Waals surface area contributed by atoms with Gasteiger partial charge in [0, 0.05) is 11.6 Å². The van der Waals surface area contributed by atoms with Crippen molar-refractivity contribution in [3.8, 4) is 0 Å². The van der Waals surface area contributed by atoms with E-state index in [0.717, 1.165) is 18.4 Å². The van der Waals surface area contributed by atoms with E-state index in [-0.39, 0.29) is 11.9 Å². The summed E-state index contributed by atoms with van der Waals surface area (Å²) in [5.41, 5.74) is 7.61. The molecule has 0 fully saturated rings. The predicted molar refractivity (Wildman–Crippen MR) is 62.1 cm³/mol. The molecule has 0 heterocycles. The highest BCUT2D eigenvalue weighted by molar-refractivity contribution is 5.26. The first-order valence-corrected chi connectivity index (χ1v) is 5.58. The van der Waals surface area contributed by atoms with Gasteiger partial charge in [0.15, 0.2) is 0 Å². The second-order valence-electron chi connectivity index (χ2n) is 4.32. The molecule has 2 atom stereocenters. The molecule has 0 radical (unpaired) electrons. The van der Waals surface area contributed by atoms with Crippen molar-refractivity contribution in [2.45, 2.75) is 39.7 Å². The maximum Gasteiger partial charge on any atom is 0.128 e. The van der Waals surface area contributed by atoms with Crippen LogP contribution in [0.25, 0.3) is 0 Å². The highest BCUT2D eigenvalue weighted by Crippen LogP contribution is 2.25. The van der Waals surface area contributed by atoms with Crippen molar-refractivity contribution >= 4 is 0 Å². The Morgan fingerprint density at radius 2 is 2.07 bits per heavy atom. The van der Waals surface area contributed by atoms with E-state index in [1.807, 2.05) is 19.1 Å². The van der Waals surface area contributed by atoms with Gasteiger partial charge in [0.1, 0.15) is 5.82 Å². The molecule has 2 unspecified atom stereocenters. The van der Waals surface area contributed by atoms with Gasteiger partial charge in [0.25, 0.3) is 0 Å². The van der Waals surface area contributed by atoms with E-state index in [4.69, 9.17) is 5.73 Å². The van der Waals surface area contributed by atoms with E-state index in [1.165, 1.54) is 0 Å². The molecular weight excluding hydrogens is 189 g/mol. The van der Waals surface area contributed by atoms with Gasteiger partial charge in [-0.05, 0) is 30.9 Å². The van der Waals surface area contributed by atoms with E-state index in [9.17, 15) is 4.39 Å². The number of benzene rings is 1. The number of hydrogen-bond donors (Lipinski definition) is 1. The molecule has 0 spiro atoms. The smallest absolute Gasteiger partial charge is 0.128 e. The molecule has 0 amide bonds. The first-order valence-electron chi connectivity index (χ1n) is 5.58. The molecule has 2 N–H and O–H groups in total. The molecule has 1 aromatic carbocycles. The average molecular weight is 209 g/mol. The monoisotopic (exact) mass is 209 g/mol. The normalized spacial score (nSPS) is 15.0. The summed E-state index contributed by atoms with van der Waals surface area (Å²) in [5, 5.41) is 0. The van der Waals surface area contributed by atoms with Crippen LogP contribution in [0.4, 0.5) is 4.39 Å². The first kappa shape index (κ1) is 12.2. The minimum Gasteiger partial charge on any atom is -0.324 e. The number of halogens is 1. The van der Waals surface area contributed by atoms with Gasteiger partial charge in [-0.2, -0.15) is 0 Å². The lowest BCUT2D eigenvalue weighted by Gasteiger charge is -2.20. The lowest BCUT2D eigenvalue weighted by atomic mass is 9.91. The van der Waals surface area contributed by atoms with Crippen LogP contribution < -0.4 is 5.73 Å². The molecule has 84 valence electrons. The molecule has 1 aromatic rings. The van der Waals surface area contributed by atoms with Gasteiger partial charge < -0.3 is 5.73 Å². The average Bonchev–Trinajstić information content (AvgIpc) is 2.17. The number of nitrogens with two attached hydrogens (primary N) is 1. The highest BCUT2D eigenvalue weighted by Gasteiger charge is 2.17. The van der Waals surface area contributed by atoms with Crippen LogP contribution in [0.3, 0.4) is 0 Å². The van der Waals surface area contributed by atoms with Crippen molar-refractivity contribution in [2.24, 2.45) is 11.7 Å². The molecule has 1 rings (SSSR count). The minimum absolute atomic E-state index is 0.176. The standard InChI is InChI=1S/C13H20FN/c1-4-5-10(3)13(15)11-7-6-9(2)8-12(11)14/h6-8,10,13H,4-5,15H2,1-3H3. The predicted octanol–water partition coefficient (Wildman–Crippen LogP) is 3.57. The Hall–Kier alpha value is -0.890. The summed E-state index contributed by atoms with van der Waals surface area (Å²) in [6, 6.07) is 5.08. The van der Waals surface area contributed by atoms with Crippen LogP contribution in [0.15, 0.2) is 18.2 Å². The van der Waals surface area contributed by atoms with Crippen molar-refractivity contribution in [2.75, 3.05) is 0 Å². The zero-order valence-electron chi connectivity index (χ0n) is 9.76. The molecular formula is C13H20FN. The Labute approximate surface area is 91.5 Å². The third kappa shape index (κ3) is 3.03. The van der Waals surface area contributed by atoms with Crippen LogP contribution in [-0.2, 0) is 0 Å². The summed E-state index contributed by atoms with van der Waals surface area (Å²) >= 11 is 0. The molecule has 0 bridgehead atoms. The molecule has 0 saturated heterocycles. The number of rotatable bonds is 4. The number of aryl methyl sites for hydroxylation is 1. The topological polar surface area (TPSA) is 26.0 Å². The largest absolute Gasteiger partial charge is 0.324 e. The lowest BCUT2D eigenvalue weighted by molar-refractivity contribution is 0.420. The molecule has 1 nitrogen and oxygen atoms in total. The molecule has 0 aromatic heterocycles. The Morgan fingerprint density at radius 1 is 1.40 bits per heavy atom. The summed E-state index contributed by atoms with van der Waals surface area (Å²) in [6.07, 6.45) is 2.12. The van der Waals surface area contributed by atoms with E-state index < -0.39 is 0 Å². The summed E-state index contributed by atoms with van der Waals surface area (Å²) in [7, 11) is 0. The maximum absolute atomic E-state index is 13.6. The van der Waals surface area contributed by atoms with Crippen LogP contribution in [0.1, 0.15) is 43.9 Å². The summed E-state index contributed by atoms with van der Waals surface area (Å²) in [5.74, 6) is 0.151. The van der Waals surface area contributed by atoms with Gasteiger partial charge in [-0.1, -0.05) is 32.4 Å². The van der Waals surface area contributed by atoms with Crippen molar-refractivity contribution in [3.05, 3.63) is 35.1 Å². The van der Waals surface area contributed by atoms with E-state index in [2.05, 4.69) is 13.8 Å².